The summed E-state index contributed by atoms with van der Waals surface area (Å²) in [6, 6.07) is 6.10. The smallest absolute Gasteiger partial charge is 0.225 e. The van der Waals surface area contributed by atoms with Gasteiger partial charge in [-0.2, -0.15) is 0 Å². The van der Waals surface area contributed by atoms with Crippen molar-refractivity contribution in [3.05, 3.63) is 29.3 Å². The van der Waals surface area contributed by atoms with Gasteiger partial charge in [-0.15, -0.1) is 0 Å². The molecule has 1 saturated carbocycles. The molecule has 2 fully saturated rings. The van der Waals surface area contributed by atoms with E-state index in [0.717, 1.165) is 32.2 Å². The molecule has 0 aromatic heterocycles. The van der Waals surface area contributed by atoms with Crippen molar-refractivity contribution in [2.24, 2.45) is 11.8 Å². The Balaban J connectivity index is 1.75. The summed E-state index contributed by atoms with van der Waals surface area (Å²) in [6.45, 7) is 5.46. The highest BCUT2D eigenvalue weighted by molar-refractivity contribution is 5.81. The predicted molar refractivity (Wildman–Crippen MR) is 81.2 cm³/mol. The van der Waals surface area contributed by atoms with Crippen LogP contribution in [0.4, 0.5) is 0 Å². The lowest BCUT2D eigenvalue weighted by atomic mass is 9.59. The number of amides is 1. The van der Waals surface area contributed by atoms with Crippen molar-refractivity contribution in [3.8, 4) is 5.75 Å². The molecule has 3 heteroatoms. The van der Waals surface area contributed by atoms with Gasteiger partial charge in [-0.25, -0.2) is 0 Å². The molecule has 1 aliphatic heterocycles. The Morgan fingerprint density at radius 2 is 2.14 bits per heavy atom. The fourth-order valence-electron chi connectivity index (χ4n) is 4.45. The second kappa shape index (κ2) is 4.25. The van der Waals surface area contributed by atoms with E-state index in [4.69, 9.17) is 0 Å². The number of phenols is 1. The van der Waals surface area contributed by atoms with E-state index in [2.05, 4.69) is 18.7 Å². The second-order valence-electron chi connectivity index (χ2n) is 7.37. The van der Waals surface area contributed by atoms with Gasteiger partial charge in [0.25, 0.3) is 0 Å². The molecule has 1 heterocycles. The second-order valence-corrected chi connectivity index (χ2v) is 7.37. The number of rotatable bonds is 1. The molecule has 0 unspecified atom stereocenters. The molecule has 1 amide bonds. The molecule has 112 valence electrons. The lowest BCUT2D eigenvalue weighted by Gasteiger charge is -2.54. The molecular weight excluding hydrogens is 262 g/mol. The normalized spacial score (nSPS) is 34.5. The van der Waals surface area contributed by atoms with Crippen LogP contribution in [0, 0.1) is 11.8 Å². The summed E-state index contributed by atoms with van der Waals surface area (Å²) in [5.41, 5.74) is 2.69. The number of carbonyl (C=O) groups excluding carboxylic acids is 1. The van der Waals surface area contributed by atoms with Crippen molar-refractivity contribution < 1.29 is 9.90 Å². The Morgan fingerprint density at radius 1 is 1.38 bits per heavy atom. The Kier molecular flexibility index (Phi) is 2.66. The Labute approximate surface area is 126 Å². The molecule has 1 aromatic rings. The molecule has 2 bridgehead atoms. The summed E-state index contributed by atoms with van der Waals surface area (Å²) in [5.74, 6) is 1.50. The minimum atomic E-state index is 0.0807. The SMILES string of the molecule is C[C@H]1[C@H]2Cc3ccc(O)cc3[C@]1(C)CCN2C(=O)C1CC1. The number of likely N-dealkylation sites (tertiary alicyclic amines) is 1. The Bertz CT molecular complexity index is 607. The number of aromatic hydroxyl groups is 1. The first-order valence-corrected chi connectivity index (χ1v) is 8.13. The maximum Gasteiger partial charge on any atom is 0.225 e. The van der Waals surface area contributed by atoms with Crippen LogP contribution in [-0.4, -0.2) is 28.5 Å². The molecule has 2 aliphatic carbocycles. The van der Waals surface area contributed by atoms with Crippen LogP contribution in [0.15, 0.2) is 18.2 Å². The van der Waals surface area contributed by atoms with Crippen LogP contribution in [0.25, 0.3) is 0 Å². The van der Waals surface area contributed by atoms with E-state index in [1.165, 1.54) is 11.1 Å². The van der Waals surface area contributed by atoms with Gasteiger partial charge in [0.2, 0.25) is 5.91 Å². The van der Waals surface area contributed by atoms with Crippen LogP contribution < -0.4 is 0 Å². The Morgan fingerprint density at radius 3 is 2.86 bits per heavy atom. The predicted octanol–water partition coefficient (Wildman–Crippen LogP) is 2.85. The number of fused-ring (bicyclic) bond motifs is 4. The van der Waals surface area contributed by atoms with E-state index in [9.17, 15) is 9.90 Å². The molecule has 0 spiro atoms. The average molecular weight is 285 g/mol. The third-order valence-corrected chi connectivity index (χ3v) is 6.20. The molecule has 3 atom stereocenters. The van der Waals surface area contributed by atoms with Crippen LogP contribution in [-0.2, 0) is 16.6 Å². The fourth-order valence-corrected chi connectivity index (χ4v) is 4.45. The van der Waals surface area contributed by atoms with Crippen molar-refractivity contribution in [1.82, 2.24) is 4.90 Å². The number of carbonyl (C=O) groups is 1. The number of hydrogen-bond acceptors (Lipinski definition) is 2. The highest BCUT2D eigenvalue weighted by atomic mass is 16.3. The fraction of sp³-hybridized carbons (Fsp3) is 0.611. The minimum absolute atomic E-state index is 0.0807. The minimum Gasteiger partial charge on any atom is -0.508 e. The van der Waals surface area contributed by atoms with Gasteiger partial charge in [-0.05, 0) is 60.3 Å². The summed E-state index contributed by atoms with van der Waals surface area (Å²) in [5, 5.41) is 9.84. The van der Waals surface area contributed by atoms with Gasteiger partial charge < -0.3 is 10.0 Å². The van der Waals surface area contributed by atoms with Crippen LogP contribution in [0.3, 0.4) is 0 Å². The van der Waals surface area contributed by atoms with E-state index in [0.29, 0.717) is 29.5 Å². The molecular formula is C18H23NO2. The first-order valence-electron chi connectivity index (χ1n) is 8.13. The summed E-state index contributed by atoms with van der Waals surface area (Å²) >= 11 is 0. The van der Waals surface area contributed by atoms with E-state index >= 15 is 0 Å². The van der Waals surface area contributed by atoms with Crippen molar-refractivity contribution in [2.45, 2.75) is 51.0 Å². The van der Waals surface area contributed by atoms with Gasteiger partial charge in [0.15, 0.2) is 0 Å². The van der Waals surface area contributed by atoms with Crippen molar-refractivity contribution in [3.63, 3.8) is 0 Å². The zero-order valence-electron chi connectivity index (χ0n) is 12.8. The van der Waals surface area contributed by atoms with Gasteiger partial charge in [0.1, 0.15) is 5.75 Å². The summed E-state index contributed by atoms with van der Waals surface area (Å²) in [4.78, 5) is 14.7. The number of phenolic OH excluding ortho intramolecular Hbond substituents is 1. The maximum atomic E-state index is 12.6. The van der Waals surface area contributed by atoms with E-state index in [-0.39, 0.29) is 5.41 Å². The zero-order chi connectivity index (χ0) is 14.8. The number of nitrogens with zero attached hydrogens (tertiary/aromatic N) is 1. The van der Waals surface area contributed by atoms with E-state index in [1.54, 1.807) is 6.07 Å². The quantitative estimate of drug-likeness (QED) is 0.862. The molecule has 21 heavy (non-hydrogen) atoms. The first kappa shape index (κ1) is 13.2. The first-order chi connectivity index (χ1) is 10.0. The van der Waals surface area contributed by atoms with Gasteiger partial charge in [0, 0.05) is 18.5 Å². The third kappa shape index (κ3) is 1.82. The number of hydrogen-bond donors (Lipinski definition) is 1. The van der Waals surface area contributed by atoms with Gasteiger partial charge in [-0.1, -0.05) is 19.9 Å². The lowest BCUT2D eigenvalue weighted by Crippen LogP contribution is -2.59. The van der Waals surface area contributed by atoms with Crippen LogP contribution in [0.1, 0.15) is 44.2 Å². The summed E-state index contributed by atoms with van der Waals surface area (Å²) in [7, 11) is 0. The van der Waals surface area contributed by atoms with E-state index < -0.39 is 0 Å². The highest BCUT2D eigenvalue weighted by Gasteiger charge is 2.51. The standard InChI is InChI=1S/C18H23NO2/c1-11-16-9-13-5-6-14(20)10-15(13)18(11,2)7-8-19(16)17(21)12-3-4-12/h5-6,10-12,16,20H,3-4,7-9H2,1-2H3/t11-,16+,18+/m0/s1. The molecule has 0 radical (unpaired) electrons. The largest absolute Gasteiger partial charge is 0.508 e. The molecule has 3 aliphatic rings. The van der Waals surface area contributed by atoms with Crippen molar-refractivity contribution in [1.29, 1.82) is 0 Å². The molecule has 4 rings (SSSR count). The number of benzene rings is 1. The van der Waals surface area contributed by atoms with Gasteiger partial charge in [0.05, 0.1) is 0 Å². The molecule has 1 saturated heterocycles. The van der Waals surface area contributed by atoms with Gasteiger partial charge >= 0.3 is 0 Å². The van der Waals surface area contributed by atoms with Crippen molar-refractivity contribution in [2.75, 3.05) is 6.54 Å². The van der Waals surface area contributed by atoms with Gasteiger partial charge in [-0.3, -0.25) is 4.79 Å². The topological polar surface area (TPSA) is 40.5 Å². The molecule has 1 aromatic carbocycles. The van der Waals surface area contributed by atoms with Crippen molar-refractivity contribution >= 4 is 5.91 Å². The average Bonchev–Trinajstić information content (AvgIpc) is 3.28. The summed E-state index contributed by atoms with van der Waals surface area (Å²) < 4.78 is 0. The zero-order valence-corrected chi connectivity index (χ0v) is 12.8. The monoisotopic (exact) mass is 285 g/mol. The van der Waals surface area contributed by atoms with E-state index in [1.807, 2.05) is 12.1 Å². The van der Waals surface area contributed by atoms with Crippen LogP contribution in [0.5, 0.6) is 5.75 Å². The molecule has 1 N–H and O–H groups in total. The maximum absolute atomic E-state index is 12.6. The highest BCUT2D eigenvalue weighted by Crippen LogP contribution is 2.50. The number of piperidine rings is 1. The molecule has 3 nitrogen and oxygen atoms in total. The lowest BCUT2D eigenvalue weighted by molar-refractivity contribution is -0.140. The summed E-state index contributed by atoms with van der Waals surface area (Å²) in [6.07, 6.45) is 4.10. The van der Waals surface area contributed by atoms with Crippen LogP contribution in [0.2, 0.25) is 0 Å². The Hall–Kier alpha value is -1.51. The third-order valence-electron chi connectivity index (χ3n) is 6.20. The van der Waals surface area contributed by atoms with Crippen LogP contribution >= 0.6 is 0 Å².